The molecule has 1 atom stereocenters. The summed E-state index contributed by atoms with van der Waals surface area (Å²) in [4.78, 5) is 5.28. The monoisotopic (exact) mass is 362 g/mol. The van der Waals surface area contributed by atoms with E-state index in [-0.39, 0.29) is 0 Å². The Hall–Kier alpha value is -2.09. The van der Waals surface area contributed by atoms with Crippen LogP contribution < -0.4 is 0 Å². The van der Waals surface area contributed by atoms with Crippen molar-refractivity contribution in [2.45, 2.75) is 38.8 Å². The molecule has 4 nitrogen and oxygen atoms in total. The van der Waals surface area contributed by atoms with Gasteiger partial charge in [-0.25, -0.2) is 0 Å². The summed E-state index contributed by atoms with van der Waals surface area (Å²) in [5.41, 5.74) is 3.89. The standard InChI is InChI=1S/C23H30N4/c1-25-15-21(13-22(25)14-24)17-27-12-6-10-23(19-27)9-5-11-26(18-23)16-20-7-3-2-4-8-20/h2-4,7-8,13,15H,5-6,9-12,16-19H2,1H3/t23-/m0/s1. The summed E-state index contributed by atoms with van der Waals surface area (Å²) in [6.07, 6.45) is 7.42. The third-order valence-electron chi connectivity index (χ3n) is 6.31. The molecular weight excluding hydrogens is 332 g/mol. The van der Waals surface area contributed by atoms with Crippen molar-refractivity contribution in [3.63, 3.8) is 0 Å². The van der Waals surface area contributed by atoms with Crippen LogP contribution in [0.25, 0.3) is 0 Å². The zero-order chi connectivity index (χ0) is 18.7. The Morgan fingerprint density at radius 2 is 1.59 bits per heavy atom. The lowest BCUT2D eigenvalue weighted by Crippen LogP contribution is -2.51. The Morgan fingerprint density at radius 3 is 2.19 bits per heavy atom. The SMILES string of the molecule is Cn1cc(CN2CCC[C@]3(CCCN(Cc4ccccc4)C3)C2)cc1C#N. The Morgan fingerprint density at radius 1 is 0.963 bits per heavy atom. The fourth-order valence-electron chi connectivity index (χ4n) is 5.15. The molecule has 0 unspecified atom stereocenters. The fraction of sp³-hybridized carbons (Fsp3) is 0.522. The van der Waals surface area contributed by atoms with Gasteiger partial charge in [-0.05, 0) is 61.4 Å². The molecule has 0 amide bonds. The second-order valence-electron chi connectivity index (χ2n) is 8.57. The summed E-state index contributed by atoms with van der Waals surface area (Å²) >= 11 is 0. The smallest absolute Gasteiger partial charge is 0.120 e. The van der Waals surface area contributed by atoms with Crippen molar-refractivity contribution in [3.05, 3.63) is 59.4 Å². The largest absolute Gasteiger partial charge is 0.342 e. The van der Waals surface area contributed by atoms with Crippen LogP contribution >= 0.6 is 0 Å². The van der Waals surface area contributed by atoms with E-state index in [0.717, 1.165) is 18.8 Å². The van der Waals surface area contributed by atoms with Crippen molar-refractivity contribution < 1.29 is 0 Å². The van der Waals surface area contributed by atoms with Gasteiger partial charge in [0.2, 0.25) is 0 Å². The summed E-state index contributed by atoms with van der Waals surface area (Å²) in [7, 11) is 1.96. The fourth-order valence-corrected chi connectivity index (χ4v) is 5.15. The molecule has 1 spiro atoms. The Kier molecular flexibility index (Phi) is 5.33. The van der Waals surface area contributed by atoms with E-state index in [9.17, 15) is 5.26 Å². The number of piperidine rings is 2. The number of hydrogen-bond donors (Lipinski definition) is 0. The van der Waals surface area contributed by atoms with E-state index >= 15 is 0 Å². The summed E-state index contributed by atoms with van der Waals surface area (Å²) in [5.74, 6) is 0. The van der Waals surface area contributed by atoms with Gasteiger partial charge in [0, 0.05) is 39.4 Å². The van der Waals surface area contributed by atoms with Gasteiger partial charge < -0.3 is 4.57 Å². The van der Waals surface area contributed by atoms with Crippen LogP contribution in [0.2, 0.25) is 0 Å². The molecule has 0 N–H and O–H groups in total. The van der Waals surface area contributed by atoms with Crippen molar-refractivity contribution in [1.29, 1.82) is 5.26 Å². The van der Waals surface area contributed by atoms with E-state index in [4.69, 9.17) is 0 Å². The first-order chi connectivity index (χ1) is 13.2. The van der Waals surface area contributed by atoms with E-state index in [0.29, 0.717) is 5.41 Å². The average molecular weight is 363 g/mol. The first-order valence-electron chi connectivity index (χ1n) is 10.2. The number of nitriles is 1. The highest BCUT2D eigenvalue weighted by Crippen LogP contribution is 2.39. The number of benzene rings is 1. The minimum Gasteiger partial charge on any atom is -0.342 e. The van der Waals surface area contributed by atoms with Gasteiger partial charge in [-0.2, -0.15) is 5.26 Å². The molecule has 0 aliphatic carbocycles. The summed E-state index contributed by atoms with van der Waals surface area (Å²) in [5, 5.41) is 9.20. The lowest BCUT2D eigenvalue weighted by atomic mass is 9.73. The van der Waals surface area contributed by atoms with Gasteiger partial charge in [-0.3, -0.25) is 9.80 Å². The number of rotatable bonds is 4. The van der Waals surface area contributed by atoms with Crippen LogP contribution in [-0.4, -0.2) is 40.5 Å². The maximum absolute atomic E-state index is 9.20. The van der Waals surface area contributed by atoms with E-state index in [1.165, 1.54) is 63.0 Å². The molecule has 27 heavy (non-hydrogen) atoms. The summed E-state index contributed by atoms with van der Waals surface area (Å²) in [6.45, 7) is 6.85. The summed E-state index contributed by atoms with van der Waals surface area (Å²) in [6, 6.07) is 15.2. The van der Waals surface area contributed by atoms with Gasteiger partial charge in [0.05, 0.1) is 0 Å². The molecule has 0 radical (unpaired) electrons. The Labute approximate surface area is 163 Å². The maximum Gasteiger partial charge on any atom is 0.120 e. The minimum atomic E-state index is 0.443. The lowest BCUT2D eigenvalue weighted by molar-refractivity contribution is 0.00775. The van der Waals surface area contributed by atoms with Crippen LogP contribution in [0.1, 0.15) is 42.5 Å². The average Bonchev–Trinajstić information content (AvgIpc) is 3.02. The first-order valence-corrected chi connectivity index (χ1v) is 10.2. The quantitative estimate of drug-likeness (QED) is 0.830. The molecule has 2 aliphatic rings. The lowest BCUT2D eigenvalue weighted by Gasteiger charge is -2.48. The van der Waals surface area contributed by atoms with E-state index in [1.807, 2.05) is 17.7 Å². The Bertz CT molecular complexity index is 800. The van der Waals surface area contributed by atoms with Crippen LogP contribution in [0, 0.1) is 16.7 Å². The molecule has 2 fully saturated rings. The normalized spacial score (nSPS) is 24.1. The number of likely N-dealkylation sites (tertiary alicyclic amines) is 2. The molecule has 2 aromatic rings. The first kappa shape index (κ1) is 18.3. The topological polar surface area (TPSA) is 35.2 Å². The molecule has 1 aromatic heterocycles. The van der Waals surface area contributed by atoms with Gasteiger partial charge in [0.25, 0.3) is 0 Å². The predicted molar refractivity (Wildman–Crippen MR) is 108 cm³/mol. The molecule has 0 saturated carbocycles. The van der Waals surface area contributed by atoms with Gasteiger partial charge in [-0.15, -0.1) is 0 Å². The van der Waals surface area contributed by atoms with Crippen LogP contribution in [-0.2, 0) is 20.1 Å². The van der Waals surface area contributed by atoms with Gasteiger partial charge >= 0.3 is 0 Å². The highest BCUT2D eigenvalue weighted by Gasteiger charge is 2.39. The highest BCUT2D eigenvalue weighted by atomic mass is 15.2. The Balaban J connectivity index is 1.40. The third kappa shape index (κ3) is 4.26. The third-order valence-corrected chi connectivity index (χ3v) is 6.31. The number of nitrogens with zero attached hydrogens (tertiary/aromatic N) is 4. The molecule has 1 aromatic carbocycles. The zero-order valence-electron chi connectivity index (χ0n) is 16.4. The van der Waals surface area contributed by atoms with Crippen LogP contribution in [0.5, 0.6) is 0 Å². The number of aromatic nitrogens is 1. The molecule has 2 aliphatic heterocycles. The van der Waals surface area contributed by atoms with Crippen molar-refractivity contribution in [2.24, 2.45) is 12.5 Å². The minimum absolute atomic E-state index is 0.443. The molecular formula is C23H30N4. The van der Waals surface area contributed by atoms with Gasteiger partial charge in [0.1, 0.15) is 11.8 Å². The van der Waals surface area contributed by atoms with Crippen molar-refractivity contribution in [2.75, 3.05) is 26.2 Å². The van der Waals surface area contributed by atoms with Crippen LogP contribution in [0.3, 0.4) is 0 Å². The van der Waals surface area contributed by atoms with Crippen molar-refractivity contribution in [1.82, 2.24) is 14.4 Å². The second kappa shape index (κ2) is 7.88. The molecule has 3 heterocycles. The second-order valence-corrected chi connectivity index (χ2v) is 8.57. The van der Waals surface area contributed by atoms with Crippen LogP contribution in [0.15, 0.2) is 42.6 Å². The van der Waals surface area contributed by atoms with Crippen molar-refractivity contribution >= 4 is 0 Å². The van der Waals surface area contributed by atoms with Crippen LogP contribution in [0.4, 0.5) is 0 Å². The zero-order valence-corrected chi connectivity index (χ0v) is 16.4. The van der Waals surface area contributed by atoms with Gasteiger partial charge in [-0.1, -0.05) is 30.3 Å². The molecule has 4 heteroatoms. The number of aryl methyl sites for hydroxylation is 1. The van der Waals surface area contributed by atoms with Gasteiger partial charge in [0.15, 0.2) is 0 Å². The van der Waals surface area contributed by atoms with E-state index in [1.54, 1.807) is 0 Å². The highest BCUT2D eigenvalue weighted by molar-refractivity contribution is 5.28. The maximum atomic E-state index is 9.20. The summed E-state index contributed by atoms with van der Waals surface area (Å²) < 4.78 is 1.94. The van der Waals surface area contributed by atoms with Crippen molar-refractivity contribution in [3.8, 4) is 6.07 Å². The molecule has 2 saturated heterocycles. The van der Waals surface area contributed by atoms with E-state index < -0.39 is 0 Å². The molecule has 4 rings (SSSR count). The van der Waals surface area contributed by atoms with E-state index in [2.05, 4.69) is 52.4 Å². The molecule has 142 valence electrons. The predicted octanol–water partition coefficient (Wildman–Crippen LogP) is 3.77. The molecule has 0 bridgehead atoms. The number of hydrogen-bond acceptors (Lipinski definition) is 3.